The summed E-state index contributed by atoms with van der Waals surface area (Å²) in [4.78, 5) is 24.3. The lowest BCUT2D eigenvalue weighted by Crippen LogP contribution is -2.31. The van der Waals surface area contributed by atoms with Crippen LogP contribution in [0.2, 0.25) is 0 Å². The lowest BCUT2D eigenvalue weighted by atomic mass is 10.0. The summed E-state index contributed by atoms with van der Waals surface area (Å²) in [6.07, 6.45) is -0.384. The number of hydrogen-bond acceptors (Lipinski definition) is 3. The predicted molar refractivity (Wildman–Crippen MR) is 88.9 cm³/mol. The lowest BCUT2D eigenvalue weighted by Gasteiger charge is -2.19. The lowest BCUT2D eigenvalue weighted by molar-refractivity contribution is -0.147. The first kappa shape index (κ1) is 18.6. The van der Waals surface area contributed by atoms with Gasteiger partial charge in [-0.15, -0.1) is 0 Å². The average Bonchev–Trinajstić information content (AvgIpc) is 2.54. The van der Waals surface area contributed by atoms with E-state index < -0.39 is 29.6 Å². The van der Waals surface area contributed by atoms with Crippen molar-refractivity contribution in [3.05, 3.63) is 71.3 Å². The van der Waals surface area contributed by atoms with Crippen LogP contribution in [-0.2, 0) is 9.53 Å². The van der Waals surface area contributed by atoms with Gasteiger partial charge in [0, 0.05) is 6.07 Å². The summed E-state index contributed by atoms with van der Waals surface area (Å²) in [6, 6.07) is 10.8. The zero-order valence-corrected chi connectivity index (χ0v) is 14.0. The van der Waals surface area contributed by atoms with Crippen LogP contribution in [0.4, 0.5) is 8.78 Å². The first-order chi connectivity index (χ1) is 11.9. The molecular weight excluding hydrogens is 328 g/mol. The van der Waals surface area contributed by atoms with Gasteiger partial charge in [-0.25, -0.2) is 8.78 Å². The van der Waals surface area contributed by atoms with Gasteiger partial charge in [0.15, 0.2) is 0 Å². The van der Waals surface area contributed by atoms with Crippen molar-refractivity contribution in [1.29, 1.82) is 0 Å². The third kappa shape index (κ3) is 5.38. The molecule has 25 heavy (non-hydrogen) atoms. The van der Waals surface area contributed by atoms with Gasteiger partial charge in [0.2, 0.25) is 0 Å². The summed E-state index contributed by atoms with van der Waals surface area (Å²) < 4.78 is 31.9. The first-order valence-electron chi connectivity index (χ1n) is 7.87. The first-order valence-corrected chi connectivity index (χ1v) is 7.87. The molecule has 4 nitrogen and oxygen atoms in total. The SMILES string of the molecule is CC(C)OC(=O)CC(NC(=O)c1ccc(F)cc1F)c1ccccc1. The number of rotatable bonds is 6. The summed E-state index contributed by atoms with van der Waals surface area (Å²) in [5, 5.41) is 2.61. The van der Waals surface area contributed by atoms with Crippen molar-refractivity contribution in [3.63, 3.8) is 0 Å². The van der Waals surface area contributed by atoms with Crippen molar-refractivity contribution in [1.82, 2.24) is 5.32 Å². The predicted octanol–water partition coefficient (Wildman–Crippen LogP) is 3.78. The molecule has 0 bridgehead atoms. The molecule has 1 atom stereocenters. The molecule has 0 aliphatic heterocycles. The Hall–Kier alpha value is -2.76. The Labute approximate surface area is 144 Å². The van der Waals surface area contributed by atoms with Gasteiger partial charge in [0.25, 0.3) is 5.91 Å². The minimum Gasteiger partial charge on any atom is -0.463 e. The highest BCUT2D eigenvalue weighted by Crippen LogP contribution is 2.19. The fourth-order valence-corrected chi connectivity index (χ4v) is 2.32. The van der Waals surface area contributed by atoms with Gasteiger partial charge in [-0.3, -0.25) is 9.59 Å². The molecule has 0 heterocycles. The number of benzene rings is 2. The molecule has 0 radical (unpaired) electrons. The van der Waals surface area contributed by atoms with E-state index >= 15 is 0 Å². The summed E-state index contributed by atoms with van der Waals surface area (Å²) in [6.45, 7) is 3.45. The third-order valence-corrected chi connectivity index (χ3v) is 3.42. The summed E-state index contributed by atoms with van der Waals surface area (Å²) in [5.74, 6) is -2.95. The number of carbonyl (C=O) groups is 2. The summed E-state index contributed by atoms with van der Waals surface area (Å²) in [7, 11) is 0. The van der Waals surface area contributed by atoms with Crippen molar-refractivity contribution in [2.45, 2.75) is 32.4 Å². The third-order valence-electron chi connectivity index (χ3n) is 3.42. The molecule has 0 aliphatic carbocycles. The van der Waals surface area contributed by atoms with Gasteiger partial charge in [0.05, 0.1) is 24.1 Å². The van der Waals surface area contributed by atoms with Crippen LogP contribution in [0.5, 0.6) is 0 Å². The second kappa shape index (κ2) is 8.37. The maximum atomic E-state index is 13.8. The minimum atomic E-state index is -0.964. The number of nitrogens with one attached hydrogen (secondary N) is 1. The average molecular weight is 347 g/mol. The maximum Gasteiger partial charge on any atom is 0.308 e. The van der Waals surface area contributed by atoms with E-state index in [0.717, 1.165) is 12.1 Å². The Bertz CT molecular complexity index is 748. The van der Waals surface area contributed by atoms with Crippen LogP contribution in [0.15, 0.2) is 48.5 Å². The Morgan fingerprint density at radius 2 is 1.76 bits per heavy atom. The highest BCUT2D eigenvalue weighted by atomic mass is 19.1. The molecule has 0 aliphatic rings. The Morgan fingerprint density at radius 3 is 2.36 bits per heavy atom. The Kier molecular flexibility index (Phi) is 6.22. The normalized spacial score (nSPS) is 11.9. The van der Waals surface area contributed by atoms with E-state index in [-0.39, 0.29) is 18.1 Å². The molecule has 0 saturated carbocycles. The zero-order valence-electron chi connectivity index (χ0n) is 14.0. The number of esters is 1. The van der Waals surface area contributed by atoms with E-state index in [1.165, 1.54) is 0 Å². The van der Waals surface area contributed by atoms with E-state index in [2.05, 4.69) is 5.32 Å². The summed E-state index contributed by atoms with van der Waals surface area (Å²) in [5.41, 5.74) is 0.388. The second-order valence-corrected chi connectivity index (χ2v) is 5.80. The van der Waals surface area contributed by atoms with Crippen LogP contribution in [0, 0.1) is 11.6 Å². The number of halogens is 2. The highest BCUT2D eigenvalue weighted by molar-refractivity contribution is 5.95. The van der Waals surface area contributed by atoms with Crippen LogP contribution < -0.4 is 5.32 Å². The van der Waals surface area contributed by atoms with Crippen LogP contribution in [0.25, 0.3) is 0 Å². The molecule has 2 rings (SSSR count). The van der Waals surface area contributed by atoms with Crippen molar-refractivity contribution in [3.8, 4) is 0 Å². The van der Waals surface area contributed by atoms with Crippen molar-refractivity contribution in [2.75, 3.05) is 0 Å². The topological polar surface area (TPSA) is 55.4 Å². The quantitative estimate of drug-likeness (QED) is 0.809. The van der Waals surface area contributed by atoms with Gasteiger partial charge >= 0.3 is 5.97 Å². The number of hydrogen-bond donors (Lipinski definition) is 1. The van der Waals surface area contributed by atoms with Crippen molar-refractivity contribution in [2.24, 2.45) is 0 Å². The van der Waals surface area contributed by atoms with Gasteiger partial charge in [0.1, 0.15) is 11.6 Å². The number of carbonyl (C=O) groups excluding carboxylic acids is 2. The molecule has 0 aromatic heterocycles. The molecule has 1 N–H and O–H groups in total. The Morgan fingerprint density at radius 1 is 1.08 bits per heavy atom. The fourth-order valence-electron chi connectivity index (χ4n) is 2.32. The van der Waals surface area contributed by atoms with Crippen LogP contribution in [-0.4, -0.2) is 18.0 Å². The standard InChI is InChI=1S/C19H19F2NO3/c1-12(2)25-18(23)11-17(13-6-4-3-5-7-13)22-19(24)15-9-8-14(20)10-16(15)21/h3-10,12,17H,11H2,1-2H3,(H,22,24). The molecule has 0 fully saturated rings. The monoisotopic (exact) mass is 347 g/mol. The molecule has 1 unspecified atom stereocenters. The largest absolute Gasteiger partial charge is 0.463 e. The number of amides is 1. The van der Waals surface area contributed by atoms with Crippen molar-refractivity contribution < 1.29 is 23.1 Å². The maximum absolute atomic E-state index is 13.8. The summed E-state index contributed by atoms with van der Waals surface area (Å²) >= 11 is 0. The van der Waals surface area contributed by atoms with Crippen LogP contribution >= 0.6 is 0 Å². The minimum absolute atomic E-state index is 0.100. The Balaban J connectivity index is 2.20. The molecule has 0 spiro atoms. The van der Waals surface area contributed by atoms with Crippen LogP contribution in [0.1, 0.15) is 42.2 Å². The second-order valence-electron chi connectivity index (χ2n) is 5.80. The highest BCUT2D eigenvalue weighted by Gasteiger charge is 2.22. The van der Waals surface area contributed by atoms with E-state index in [1.54, 1.807) is 44.2 Å². The zero-order chi connectivity index (χ0) is 18.4. The van der Waals surface area contributed by atoms with E-state index in [0.29, 0.717) is 11.6 Å². The smallest absolute Gasteiger partial charge is 0.308 e. The number of ether oxygens (including phenoxy) is 1. The van der Waals surface area contributed by atoms with Gasteiger partial charge < -0.3 is 10.1 Å². The van der Waals surface area contributed by atoms with E-state index in [4.69, 9.17) is 4.74 Å². The molecule has 6 heteroatoms. The van der Waals surface area contributed by atoms with Gasteiger partial charge in [-0.1, -0.05) is 30.3 Å². The van der Waals surface area contributed by atoms with E-state index in [9.17, 15) is 18.4 Å². The van der Waals surface area contributed by atoms with E-state index in [1.807, 2.05) is 0 Å². The molecule has 1 amide bonds. The van der Waals surface area contributed by atoms with Crippen molar-refractivity contribution >= 4 is 11.9 Å². The molecular formula is C19H19F2NO3. The van der Waals surface area contributed by atoms with Gasteiger partial charge in [-0.05, 0) is 31.5 Å². The molecule has 2 aromatic rings. The fraction of sp³-hybridized carbons (Fsp3) is 0.263. The van der Waals surface area contributed by atoms with Crippen LogP contribution in [0.3, 0.4) is 0 Å². The van der Waals surface area contributed by atoms with Gasteiger partial charge in [-0.2, -0.15) is 0 Å². The molecule has 2 aromatic carbocycles. The molecule has 0 saturated heterocycles. The molecule has 132 valence electrons.